The van der Waals surface area contributed by atoms with Gasteiger partial charge in [-0.2, -0.15) is 0 Å². The second-order valence-electron chi connectivity index (χ2n) is 12.4. The van der Waals surface area contributed by atoms with Crippen molar-refractivity contribution >= 4 is 29.5 Å². The minimum absolute atomic E-state index is 0.0128. The molecule has 5 amide bonds. The number of amides is 5. The highest BCUT2D eigenvalue weighted by Gasteiger charge is 2.27. The van der Waals surface area contributed by atoms with Crippen molar-refractivity contribution in [1.29, 1.82) is 0 Å². The Hall–Kier alpha value is -6.52. The zero-order valence-electron chi connectivity index (χ0n) is 30.2. The maximum Gasteiger partial charge on any atom is 0.254 e. The van der Waals surface area contributed by atoms with Crippen LogP contribution >= 0.6 is 0 Å². The minimum Gasteiger partial charge on any atom is -0.493 e. The van der Waals surface area contributed by atoms with E-state index in [4.69, 9.17) is 14.2 Å². The molecule has 284 valence electrons. The molecule has 0 radical (unpaired) electrons. The van der Waals surface area contributed by atoms with Crippen LogP contribution in [-0.2, 0) is 27.3 Å². The van der Waals surface area contributed by atoms with Crippen LogP contribution in [0.3, 0.4) is 0 Å². The van der Waals surface area contributed by atoms with Crippen LogP contribution in [0.1, 0.15) is 45.2 Å². The Kier molecular flexibility index (Phi) is 13.5. The van der Waals surface area contributed by atoms with Gasteiger partial charge in [-0.3, -0.25) is 24.0 Å². The van der Waals surface area contributed by atoms with Gasteiger partial charge in [0.05, 0.1) is 33.9 Å². The first kappa shape index (κ1) is 38.7. The molecule has 6 rings (SSSR count). The molecular weight excluding hydrogens is 698 g/mol. The van der Waals surface area contributed by atoms with Crippen molar-refractivity contribution in [3.8, 4) is 17.2 Å². The second kappa shape index (κ2) is 18.8. The highest BCUT2D eigenvalue weighted by atomic mass is 16.5. The van der Waals surface area contributed by atoms with E-state index in [1.54, 1.807) is 28.9 Å². The molecule has 3 aromatic carbocycles. The molecule has 4 aromatic rings. The fourth-order valence-electron chi connectivity index (χ4n) is 5.62. The number of tetrazole rings is 1. The number of carbonyl (C=O) groups is 5. The summed E-state index contributed by atoms with van der Waals surface area (Å²) in [6, 6.07) is 16.8. The number of rotatable bonds is 7. The molecule has 4 N–H and O–H groups in total. The molecule has 2 aliphatic heterocycles. The minimum atomic E-state index is -1.04. The van der Waals surface area contributed by atoms with Crippen molar-refractivity contribution in [3.05, 3.63) is 95.3 Å². The Morgan fingerprint density at radius 2 is 1.61 bits per heavy atom. The van der Waals surface area contributed by atoms with E-state index in [2.05, 4.69) is 36.8 Å². The highest BCUT2D eigenvalue weighted by molar-refractivity contribution is 5.99. The van der Waals surface area contributed by atoms with Crippen LogP contribution in [-0.4, -0.2) is 114 Å². The lowest BCUT2D eigenvalue weighted by Crippen LogP contribution is -2.54. The maximum absolute atomic E-state index is 13.8. The quantitative estimate of drug-likeness (QED) is 0.194. The van der Waals surface area contributed by atoms with Crippen LogP contribution in [0, 0.1) is 0 Å². The standard InChI is InChI=1S/C37H43N9O8/c1-24-34(48)42-29(18-25-8-5-4-6-9-25)36(50)39-15-16-45(37(51)27-12-10-26(11-13-27)21-46-23-40-43-44-46)22-32(47)38-14-7-17-54-33-30(52-2)19-28(35(49)41-24)20-31(33)53-3/h4-6,8-13,19-20,23-24,29H,7,14-18,21-22H2,1-3H3,(H,38,47)(H,39,50)(H,41,49)(H,42,48)/t24-,29+/m0/s1. The Morgan fingerprint density at radius 1 is 0.889 bits per heavy atom. The van der Waals surface area contributed by atoms with E-state index in [0.717, 1.165) is 11.1 Å². The summed E-state index contributed by atoms with van der Waals surface area (Å²) < 4.78 is 18.5. The fraction of sp³-hybridized carbons (Fsp3) is 0.351. The Balaban J connectivity index is 1.38. The van der Waals surface area contributed by atoms with Crippen molar-refractivity contribution in [2.45, 2.75) is 38.4 Å². The normalized spacial score (nSPS) is 17.8. The first-order valence-electron chi connectivity index (χ1n) is 17.3. The average Bonchev–Trinajstić information content (AvgIpc) is 3.70. The van der Waals surface area contributed by atoms with Crippen molar-refractivity contribution in [2.75, 3.05) is 47.0 Å². The molecule has 0 saturated heterocycles. The van der Waals surface area contributed by atoms with Gasteiger partial charge in [-0.05, 0) is 59.2 Å². The van der Waals surface area contributed by atoms with Gasteiger partial charge in [-0.25, -0.2) is 4.68 Å². The Labute approximate surface area is 311 Å². The van der Waals surface area contributed by atoms with Gasteiger partial charge in [0, 0.05) is 37.2 Å². The number of methoxy groups -OCH3 is 2. The van der Waals surface area contributed by atoms with Gasteiger partial charge in [0.15, 0.2) is 11.5 Å². The zero-order valence-corrected chi connectivity index (χ0v) is 30.2. The third-order valence-corrected chi connectivity index (χ3v) is 8.51. The molecular formula is C37H43N9O8. The molecule has 17 heteroatoms. The largest absolute Gasteiger partial charge is 0.493 e. The number of hydrogen-bond acceptors (Lipinski definition) is 11. The summed E-state index contributed by atoms with van der Waals surface area (Å²) in [5, 5.41) is 22.2. The van der Waals surface area contributed by atoms with Gasteiger partial charge in [0.1, 0.15) is 18.4 Å². The number of aromatic nitrogens is 4. The summed E-state index contributed by atoms with van der Waals surface area (Å²) in [5.74, 6) is -1.83. The molecule has 0 fully saturated rings. The molecule has 2 bridgehead atoms. The van der Waals surface area contributed by atoms with Gasteiger partial charge in [-0.15, -0.1) is 5.10 Å². The van der Waals surface area contributed by atoms with E-state index in [-0.39, 0.29) is 62.0 Å². The van der Waals surface area contributed by atoms with Crippen LogP contribution in [0.5, 0.6) is 17.2 Å². The van der Waals surface area contributed by atoms with E-state index in [1.807, 2.05) is 30.3 Å². The van der Waals surface area contributed by atoms with Crippen LogP contribution in [0.15, 0.2) is 73.1 Å². The predicted octanol–water partition coefficient (Wildman–Crippen LogP) is 0.742. The first-order valence-corrected chi connectivity index (χ1v) is 17.3. The van der Waals surface area contributed by atoms with Crippen molar-refractivity contribution in [1.82, 2.24) is 46.4 Å². The molecule has 17 nitrogen and oxygen atoms in total. The first-order chi connectivity index (χ1) is 26.1. The average molecular weight is 742 g/mol. The summed E-state index contributed by atoms with van der Waals surface area (Å²) in [6.07, 6.45) is 2.02. The monoisotopic (exact) mass is 741 g/mol. The van der Waals surface area contributed by atoms with E-state index in [9.17, 15) is 24.0 Å². The maximum atomic E-state index is 13.8. The molecule has 2 atom stereocenters. The molecule has 0 unspecified atom stereocenters. The van der Waals surface area contributed by atoms with Crippen LogP contribution < -0.4 is 35.5 Å². The molecule has 0 spiro atoms. The van der Waals surface area contributed by atoms with Gasteiger partial charge in [0.2, 0.25) is 23.5 Å². The van der Waals surface area contributed by atoms with Gasteiger partial charge < -0.3 is 40.4 Å². The molecule has 0 aliphatic carbocycles. The molecule has 0 saturated carbocycles. The predicted molar refractivity (Wildman–Crippen MR) is 194 cm³/mol. The third kappa shape index (κ3) is 10.5. The smallest absolute Gasteiger partial charge is 0.254 e. The topological polar surface area (TPSA) is 208 Å². The van der Waals surface area contributed by atoms with Crippen molar-refractivity contribution < 1.29 is 38.2 Å². The van der Waals surface area contributed by atoms with E-state index < -0.39 is 41.6 Å². The summed E-state index contributed by atoms with van der Waals surface area (Å²) in [4.78, 5) is 68.6. The highest BCUT2D eigenvalue weighted by Crippen LogP contribution is 2.38. The van der Waals surface area contributed by atoms with E-state index >= 15 is 0 Å². The summed E-state index contributed by atoms with van der Waals surface area (Å²) in [5.41, 5.74) is 2.14. The van der Waals surface area contributed by atoms with Crippen LogP contribution in [0.2, 0.25) is 0 Å². The summed E-state index contributed by atoms with van der Waals surface area (Å²) in [7, 11) is 2.83. The molecule has 54 heavy (non-hydrogen) atoms. The molecule has 1 aromatic heterocycles. The van der Waals surface area contributed by atoms with Crippen LogP contribution in [0.25, 0.3) is 0 Å². The van der Waals surface area contributed by atoms with Crippen LogP contribution in [0.4, 0.5) is 0 Å². The van der Waals surface area contributed by atoms with Crippen molar-refractivity contribution in [3.63, 3.8) is 0 Å². The van der Waals surface area contributed by atoms with E-state index in [1.165, 1.54) is 44.5 Å². The SMILES string of the molecule is COc1cc2cc(OC)c1OCCCNC(=O)CN(C(=O)c1ccc(Cn3cnnn3)cc1)CCNC(=O)[C@@H](Cc1ccccc1)NC(=O)[C@H](C)NC2=O. The van der Waals surface area contributed by atoms with Gasteiger partial charge >= 0.3 is 0 Å². The lowest BCUT2D eigenvalue weighted by molar-refractivity contribution is -0.129. The summed E-state index contributed by atoms with van der Waals surface area (Å²) >= 11 is 0. The Bertz CT molecular complexity index is 1880. The van der Waals surface area contributed by atoms with Crippen molar-refractivity contribution in [2.24, 2.45) is 0 Å². The number of nitrogens with zero attached hydrogens (tertiary/aromatic N) is 5. The molecule has 3 heterocycles. The number of hydrogen-bond donors (Lipinski definition) is 4. The lowest BCUT2D eigenvalue weighted by atomic mass is 10.0. The third-order valence-electron chi connectivity index (χ3n) is 8.51. The number of fused-ring (bicyclic) bond motifs is 19. The van der Waals surface area contributed by atoms with Gasteiger partial charge in [-0.1, -0.05) is 42.5 Å². The fourth-order valence-corrected chi connectivity index (χ4v) is 5.62. The zero-order chi connectivity index (χ0) is 38.5. The second-order valence-corrected chi connectivity index (χ2v) is 12.4. The summed E-state index contributed by atoms with van der Waals surface area (Å²) in [6.45, 7) is 1.98. The number of benzene rings is 3. The lowest BCUT2D eigenvalue weighted by Gasteiger charge is -2.25. The van der Waals surface area contributed by atoms with E-state index in [0.29, 0.717) is 18.5 Å². The number of nitrogens with one attached hydrogen (secondary N) is 4. The van der Waals surface area contributed by atoms with Gasteiger partial charge in [0.25, 0.3) is 11.8 Å². The number of ether oxygens (including phenoxy) is 3. The molecule has 2 aliphatic rings. The Morgan fingerprint density at radius 3 is 2.28 bits per heavy atom. The number of carbonyl (C=O) groups excluding carboxylic acids is 5.